The highest BCUT2D eigenvalue weighted by atomic mass is 16.5. The minimum Gasteiger partial charge on any atom is -0.383 e. The zero-order chi connectivity index (χ0) is 14.1. The molecule has 0 bridgehead atoms. The summed E-state index contributed by atoms with van der Waals surface area (Å²) in [6.45, 7) is 11.0. The molecule has 0 amide bonds. The van der Waals surface area contributed by atoms with Gasteiger partial charge in [0.25, 0.3) is 0 Å². The number of aryl methyl sites for hydroxylation is 1. The Morgan fingerprint density at radius 3 is 2.74 bits per heavy atom. The van der Waals surface area contributed by atoms with E-state index in [4.69, 9.17) is 4.74 Å². The Bertz CT molecular complexity index is 368. The number of anilines is 1. The maximum absolute atomic E-state index is 5.01. The van der Waals surface area contributed by atoms with Gasteiger partial charge in [0.1, 0.15) is 5.82 Å². The van der Waals surface area contributed by atoms with Crippen molar-refractivity contribution in [3.05, 3.63) is 23.4 Å². The van der Waals surface area contributed by atoms with E-state index < -0.39 is 0 Å². The molecule has 0 radical (unpaired) electrons. The molecule has 0 fully saturated rings. The van der Waals surface area contributed by atoms with Gasteiger partial charge in [0, 0.05) is 39.5 Å². The third-order valence-electron chi connectivity index (χ3n) is 3.09. The summed E-state index contributed by atoms with van der Waals surface area (Å²) in [5, 5.41) is 3.34. The maximum atomic E-state index is 5.01. The lowest BCUT2D eigenvalue weighted by molar-refractivity contribution is 0.199. The number of aromatic nitrogens is 1. The fourth-order valence-corrected chi connectivity index (χ4v) is 2.14. The van der Waals surface area contributed by atoms with Gasteiger partial charge in [0.15, 0.2) is 0 Å². The number of methoxy groups -OCH3 is 1. The van der Waals surface area contributed by atoms with Crippen LogP contribution in [-0.2, 0) is 11.3 Å². The predicted octanol–water partition coefficient (Wildman–Crippen LogP) is 2.36. The summed E-state index contributed by atoms with van der Waals surface area (Å²) in [6, 6.07) is 2.22. The molecule has 1 rings (SSSR count). The lowest BCUT2D eigenvalue weighted by atomic mass is 10.2. The first-order valence-electron chi connectivity index (χ1n) is 7.13. The van der Waals surface area contributed by atoms with Gasteiger partial charge >= 0.3 is 0 Å². The fourth-order valence-electron chi connectivity index (χ4n) is 2.14. The number of hydrogen-bond donors (Lipinski definition) is 1. The molecule has 19 heavy (non-hydrogen) atoms. The third-order valence-corrected chi connectivity index (χ3v) is 3.09. The van der Waals surface area contributed by atoms with Crippen LogP contribution in [0.15, 0.2) is 12.3 Å². The van der Waals surface area contributed by atoms with E-state index in [0.29, 0.717) is 0 Å². The van der Waals surface area contributed by atoms with Crippen molar-refractivity contribution in [2.24, 2.45) is 0 Å². The van der Waals surface area contributed by atoms with Crippen LogP contribution in [0, 0.1) is 6.92 Å². The van der Waals surface area contributed by atoms with Crippen molar-refractivity contribution < 1.29 is 4.74 Å². The molecular formula is C15H27N3O. The average molecular weight is 265 g/mol. The number of ether oxygens (including phenoxy) is 1. The molecule has 0 aliphatic carbocycles. The van der Waals surface area contributed by atoms with Crippen molar-refractivity contribution >= 4 is 5.82 Å². The van der Waals surface area contributed by atoms with Crippen LogP contribution in [-0.4, -0.2) is 38.3 Å². The first-order valence-corrected chi connectivity index (χ1v) is 7.13. The van der Waals surface area contributed by atoms with E-state index >= 15 is 0 Å². The molecular weight excluding hydrogens is 238 g/mol. The summed E-state index contributed by atoms with van der Waals surface area (Å²) in [5.41, 5.74) is 2.48. The summed E-state index contributed by atoms with van der Waals surface area (Å²) in [7, 11) is 1.72. The van der Waals surface area contributed by atoms with Crippen molar-refractivity contribution in [1.29, 1.82) is 0 Å². The monoisotopic (exact) mass is 265 g/mol. The number of pyridine rings is 1. The van der Waals surface area contributed by atoms with Gasteiger partial charge < -0.3 is 15.0 Å². The van der Waals surface area contributed by atoms with Crippen molar-refractivity contribution in [1.82, 2.24) is 10.3 Å². The Balaban J connectivity index is 2.62. The molecule has 0 aromatic carbocycles. The topological polar surface area (TPSA) is 37.4 Å². The molecule has 0 atom stereocenters. The summed E-state index contributed by atoms with van der Waals surface area (Å²) in [4.78, 5) is 6.95. The molecule has 1 N–H and O–H groups in total. The average Bonchev–Trinajstić information content (AvgIpc) is 2.42. The molecule has 1 heterocycles. The van der Waals surface area contributed by atoms with E-state index in [9.17, 15) is 0 Å². The second-order valence-corrected chi connectivity index (χ2v) is 4.73. The van der Waals surface area contributed by atoms with Gasteiger partial charge in [-0.3, -0.25) is 0 Å². The first-order chi connectivity index (χ1) is 9.22. The van der Waals surface area contributed by atoms with E-state index in [1.54, 1.807) is 7.11 Å². The van der Waals surface area contributed by atoms with Crippen LogP contribution in [0.1, 0.15) is 31.4 Å². The minimum atomic E-state index is 0.741. The molecule has 108 valence electrons. The van der Waals surface area contributed by atoms with E-state index in [0.717, 1.165) is 45.0 Å². The van der Waals surface area contributed by atoms with E-state index in [-0.39, 0.29) is 0 Å². The van der Waals surface area contributed by atoms with Crippen LogP contribution >= 0.6 is 0 Å². The molecule has 1 aromatic heterocycles. The van der Waals surface area contributed by atoms with E-state index in [2.05, 4.69) is 42.0 Å². The van der Waals surface area contributed by atoms with Gasteiger partial charge in [-0.2, -0.15) is 0 Å². The lowest BCUT2D eigenvalue weighted by Crippen LogP contribution is -2.25. The molecule has 0 saturated heterocycles. The summed E-state index contributed by atoms with van der Waals surface area (Å²) in [5.74, 6) is 1.12. The number of nitrogens with one attached hydrogen (secondary N) is 1. The Hall–Kier alpha value is -1.13. The Kier molecular flexibility index (Phi) is 7.45. The van der Waals surface area contributed by atoms with Crippen molar-refractivity contribution in [3.63, 3.8) is 0 Å². The minimum absolute atomic E-state index is 0.741. The lowest BCUT2D eigenvalue weighted by Gasteiger charge is -2.23. The van der Waals surface area contributed by atoms with Crippen molar-refractivity contribution in [2.45, 2.75) is 33.7 Å². The van der Waals surface area contributed by atoms with Crippen LogP contribution in [0.4, 0.5) is 5.82 Å². The molecule has 4 nitrogen and oxygen atoms in total. The van der Waals surface area contributed by atoms with Gasteiger partial charge in [0.2, 0.25) is 0 Å². The van der Waals surface area contributed by atoms with Crippen LogP contribution in [0.25, 0.3) is 0 Å². The molecule has 1 aromatic rings. The molecule has 4 heteroatoms. The Morgan fingerprint density at radius 2 is 2.16 bits per heavy atom. The zero-order valence-corrected chi connectivity index (χ0v) is 12.7. The Morgan fingerprint density at radius 1 is 1.37 bits per heavy atom. The third kappa shape index (κ3) is 5.17. The van der Waals surface area contributed by atoms with Gasteiger partial charge in [-0.1, -0.05) is 6.92 Å². The largest absolute Gasteiger partial charge is 0.383 e. The van der Waals surface area contributed by atoms with Gasteiger partial charge in [-0.15, -0.1) is 0 Å². The fraction of sp³-hybridized carbons (Fsp3) is 0.667. The first kappa shape index (κ1) is 15.9. The van der Waals surface area contributed by atoms with Crippen LogP contribution < -0.4 is 10.2 Å². The van der Waals surface area contributed by atoms with Crippen molar-refractivity contribution in [2.75, 3.05) is 38.3 Å². The highest BCUT2D eigenvalue weighted by Crippen LogP contribution is 2.18. The highest BCUT2D eigenvalue weighted by Gasteiger charge is 2.08. The normalized spacial score (nSPS) is 10.7. The van der Waals surface area contributed by atoms with Crippen LogP contribution in [0.5, 0.6) is 0 Å². The molecule has 0 unspecified atom stereocenters. The zero-order valence-electron chi connectivity index (χ0n) is 12.7. The quantitative estimate of drug-likeness (QED) is 0.696. The van der Waals surface area contributed by atoms with Crippen molar-refractivity contribution in [3.8, 4) is 0 Å². The summed E-state index contributed by atoms with van der Waals surface area (Å²) >= 11 is 0. The molecule has 0 aliphatic rings. The Labute approximate surface area is 117 Å². The molecule has 0 aliphatic heterocycles. The van der Waals surface area contributed by atoms with E-state index in [1.807, 2.05) is 6.20 Å². The predicted molar refractivity (Wildman–Crippen MR) is 80.7 cm³/mol. The number of rotatable bonds is 9. The SMILES string of the molecule is CCCN(CC)c1ncc(CNCCOC)cc1C. The van der Waals surface area contributed by atoms with Gasteiger partial charge in [-0.05, 0) is 37.5 Å². The van der Waals surface area contributed by atoms with E-state index in [1.165, 1.54) is 11.1 Å². The molecule has 0 spiro atoms. The second kappa shape index (κ2) is 8.88. The second-order valence-electron chi connectivity index (χ2n) is 4.73. The smallest absolute Gasteiger partial charge is 0.131 e. The maximum Gasteiger partial charge on any atom is 0.131 e. The van der Waals surface area contributed by atoms with Crippen LogP contribution in [0.2, 0.25) is 0 Å². The van der Waals surface area contributed by atoms with Gasteiger partial charge in [0.05, 0.1) is 6.61 Å². The summed E-state index contributed by atoms with van der Waals surface area (Å²) in [6.07, 6.45) is 3.12. The van der Waals surface area contributed by atoms with Crippen LogP contribution in [0.3, 0.4) is 0 Å². The summed E-state index contributed by atoms with van der Waals surface area (Å²) < 4.78 is 5.01. The van der Waals surface area contributed by atoms with Gasteiger partial charge in [-0.25, -0.2) is 4.98 Å². The number of hydrogen-bond acceptors (Lipinski definition) is 4. The molecule has 0 saturated carbocycles. The highest BCUT2D eigenvalue weighted by molar-refractivity contribution is 5.47. The standard InChI is InChI=1S/C15H27N3O/c1-5-8-18(6-2)15-13(3)10-14(12-17-15)11-16-7-9-19-4/h10,12,16H,5-9,11H2,1-4H3. The number of nitrogens with zero attached hydrogens (tertiary/aromatic N) is 2.